The molecule has 140 valence electrons. The number of para-hydroxylation sites is 1. The van der Waals surface area contributed by atoms with Gasteiger partial charge in [-0.25, -0.2) is 14.6 Å². The van der Waals surface area contributed by atoms with Crippen LogP contribution < -0.4 is 15.5 Å². The van der Waals surface area contributed by atoms with E-state index >= 15 is 0 Å². The number of carboxylic acid groups (broad SMARTS) is 1. The molecule has 3 N–H and O–H groups in total. The van der Waals surface area contributed by atoms with E-state index in [2.05, 4.69) is 15.8 Å². The molecule has 0 aliphatic rings. The molecule has 0 bridgehead atoms. The van der Waals surface area contributed by atoms with Crippen LogP contribution in [0.1, 0.15) is 15.9 Å². The number of nitrogens with zero attached hydrogens (tertiary/aromatic N) is 1. The molecule has 0 aromatic heterocycles. The molecule has 2 aromatic carbocycles. The Morgan fingerprint density at radius 3 is 2.52 bits per heavy atom. The van der Waals surface area contributed by atoms with Gasteiger partial charge in [0, 0.05) is 11.1 Å². The predicted molar refractivity (Wildman–Crippen MR) is 94.0 cm³/mol. The number of carboxylic acids is 1. The fourth-order valence-corrected chi connectivity index (χ4v) is 1.94. The summed E-state index contributed by atoms with van der Waals surface area (Å²) in [5.74, 6) is -2.40. The van der Waals surface area contributed by atoms with E-state index in [1.54, 1.807) is 24.3 Å². The second-order valence-electron chi connectivity index (χ2n) is 5.20. The molecule has 9 heteroatoms. The number of aliphatic carboxylic acids is 1. The number of nitrogens with one attached hydrogen (secondary N) is 2. The highest BCUT2D eigenvalue weighted by Crippen LogP contribution is 2.15. The van der Waals surface area contributed by atoms with Crippen molar-refractivity contribution in [2.24, 2.45) is 5.10 Å². The van der Waals surface area contributed by atoms with Crippen LogP contribution in [0, 0.1) is 5.82 Å². The van der Waals surface area contributed by atoms with E-state index in [1.165, 1.54) is 18.3 Å². The molecule has 0 aliphatic carbocycles. The van der Waals surface area contributed by atoms with E-state index in [0.717, 1.165) is 12.1 Å². The Morgan fingerprint density at radius 1 is 1.11 bits per heavy atom. The second-order valence-corrected chi connectivity index (χ2v) is 5.20. The van der Waals surface area contributed by atoms with Crippen LogP contribution in [0.25, 0.3) is 0 Å². The third-order valence-corrected chi connectivity index (χ3v) is 3.18. The van der Waals surface area contributed by atoms with Gasteiger partial charge in [-0.1, -0.05) is 12.1 Å². The fraction of sp³-hybridized carbons (Fsp3) is 0.111. The smallest absolute Gasteiger partial charge is 0.341 e. The van der Waals surface area contributed by atoms with Gasteiger partial charge in [0.05, 0.1) is 12.8 Å². The van der Waals surface area contributed by atoms with Gasteiger partial charge in [-0.3, -0.25) is 9.59 Å². The third kappa shape index (κ3) is 6.58. The van der Waals surface area contributed by atoms with E-state index in [4.69, 9.17) is 9.84 Å². The van der Waals surface area contributed by atoms with Crippen LogP contribution in [0.5, 0.6) is 5.75 Å². The van der Waals surface area contributed by atoms with Crippen LogP contribution in [0.2, 0.25) is 0 Å². The van der Waals surface area contributed by atoms with Gasteiger partial charge < -0.3 is 15.2 Å². The van der Waals surface area contributed by atoms with Crippen molar-refractivity contribution in [2.45, 2.75) is 0 Å². The molecule has 8 nitrogen and oxygen atoms in total. The summed E-state index contributed by atoms with van der Waals surface area (Å²) >= 11 is 0. The van der Waals surface area contributed by atoms with Crippen molar-refractivity contribution in [2.75, 3.05) is 13.2 Å². The highest BCUT2D eigenvalue weighted by molar-refractivity contribution is 5.96. The topological polar surface area (TPSA) is 117 Å². The lowest BCUT2D eigenvalue weighted by Crippen LogP contribution is -2.34. The molecule has 2 rings (SSSR count). The number of ether oxygens (including phenoxy) is 1. The van der Waals surface area contributed by atoms with Gasteiger partial charge in [0.2, 0.25) is 0 Å². The molecule has 0 spiro atoms. The molecular formula is C18H16FN3O5. The van der Waals surface area contributed by atoms with E-state index in [0.29, 0.717) is 11.3 Å². The Bertz CT molecular complexity index is 852. The Hall–Kier alpha value is -3.75. The number of hydrazone groups is 1. The Balaban J connectivity index is 1.84. The Morgan fingerprint density at radius 2 is 1.81 bits per heavy atom. The van der Waals surface area contributed by atoms with Crippen molar-refractivity contribution in [3.8, 4) is 5.75 Å². The molecule has 2 aromatic rings. The largest absolute Gasteiger partial charge is 0.481 e. The minimum absolute atomic E-state index is 0.220. The molecule has 27 heavy (non-hydrogen) atoms. The lowest BCUT2D eigenvalue weighted by Gasteiger charge is -2.06. The number of carbonyl (C=O) groups excluding carboxylic acids is 2. The molecule has 0 saturated heterocycles. The average molecular weight is 373 g/mol. The number of benzene rings is 2. The maximum Gasteiger partial charge on any atom is 0.341 e. The summed E-state index contributed by atoms with van der Waals surface area (Å²) < 4.78 is 17.9. The summed E-state index contributed by atoms with van der Waals surface area (Å²) in [6, 6.07) is 11.4. The molecule has 0 saturated carbocycles. The summed E-state index contributed by atoms with van der Waals surface area (Å²) in [4.78, 5) is 34.1. The van der Waals surface area contributed by atoms with Crippen molar-refractivity contribution in [3.63, 3.8) is 0 Å². The van der Waals surface area contributed by atoms with Crippen LogP contribution in [0.15, 0.2) is 53.6 Å². The van der Waals surface area contributed by atoms with Crippen molar-refractivity contribution < 1.29 is 28.6 Å². The van der Waals surface area contributed by atoms with Gasteiger partial charge in [-0.05, 0) is 36.4 Å². The van der Waals surface area contributed by atoms with Crippen LogP contribution in [0.4, 0.5) is 4.39 Å². The number of amides is 2. The molecule has 0 aliphatic heterocycles. The quantitative estimate of drug-likeness (QED) is 0.474. The van der Waals surface area contributed by atoms with Gasteiger partial charge in [0.15, 0.2) is 6.61 Å². The first-order valence-corrected chi connectivity index (χ1v) is 7.75. The second kappa shape index (κ2) is 9.66. The van der Waals surface area contributed by atoms with E-state index < -0.39 is 30.2 Å². The van der Waals surface area contributed by atoms with Crippen molar-refractivity contribution >= 4 is 24.0 Å². The Labute approximate surface area is 153 Å². The maximum atomic E-state index is 12.8. The predicted octanol–water partition coefficient (Wildman–Crippen LogP) is 1.17. The average Bonchev–Trinajstić information content (AvgIpc) is 2.66. The highest BCUT2D eigenvalue weighted by atomic mass is 19.1. The van der Waals surface area contributed by atoms with Gasteiger partial charge >= 0.3 is 5.97 Å². The standard InChI is InChI=1S/C18H16FN3O5/c19-14-7-5-12(6-8-14)18(26)20-10-16(23)22-21-9-13-3-1-2-4-15(13)27-11-17(24)25/h1-9H,10-11H2,(H,20,26)(H,22,23)(H,24,25)/b21-9-. The lowest BCUT2D eigenvalue weighted by atomic mass is 10.2. The third-order valence-electron chi connectivity index (χ3n) is 3.18. The summed E-state index contributed by atoms with van der Waals surface area (Å²) in [7, 11) is 0. The van der Waals surface area contributed by atoms with Crippen LogP contribution >= 0.6 is 0 Å². The first-order valence-electron chi connectivity index (χ1n) is 7.75. The first kappa shape index (κ1) is 19.6. The SMILES string of the molecule is O=C(O)COc1ccccc1/C=N\NC(=O)CNC(=O)c1ccc(F)cc1. The number of hydrogen-bond acceptors (Lipinski definition) is 5. The molecule has 0 radical (unpaired) electrons. The fourth-order valence-electron chi connectivity index (χ4n) is 1.94. The highest BCUT2D eigenvalue weighted by Gasteiger charge is 2.08. The van der Waals surface area contributed by atoms with Crippen molar-refractivity contribution in [3.05, 3.63) is 65.5 Å². The minimum atomic E-state index is -1.12. The number of carbonyl (C=O) groups is 3. The molecule has 0 heterocycles. The normalized spacial score (nSPS) is 10.4. The number of rotatable bonds is 8. The minimum Gasteiger partial charge on any atom is -0.481 e. The first-order chi connectivity index (χ1) is 13.0. The van der Waals surface area contributed by atoms with Gasteiger partial charge in [-0.2, -0.15) is 5.10 Å². The number of halogens is 1. The summed E-state index contributed by atoms with van der Waals surface area (Å²) in [6.45, 7) is -0.836. The lowest BCUT2D eigenvalue weighted by molar-refractivity contribution is -0.139. The zero-order chi connectivity index (χ0) is 19.6. The van der Waals surface area contributed by atoms with Gasteiger partial charge in [0.1, 0.15) is 11.6 Å². The van der Waals surface area contributed by atoms with Gasteiger partial charge in [0.25, 0.3) is 11.8 Å². The summed E-state index contributed by atoms with van der Waals surface area (Å²) in [5.41, 5.74) is 2.91. The molecule has 0 fully saturated rings. The van der Waals surface area contributed by atoms with E-state index in [1.807, 2.05) is 0 Å². The van der Waals surface area contributed by atoms with E-state index in [-0.39, 0.29) is 12.1 Å². The van der Waals surface area contributed by atoms with Crippen LogP contribution in [-0.2, 0) is 9.59 Å². The van der Waals surface area contributed by atoms with Crippen molar-refractivity contribution in [1.82, 2.24) is 10.7 Å². The monoisotopic (exact) mass is 373 g/mol. The van der Waals surface area contributed by atoms with Crippen molar-refractivity contribution in [1.29, 1.82) is 0 Å². The number of hydrogen-bond donors (Lipinski definition) is 3. The summed E-state index contributed by atoms with van der Waals surface area (Å²) in [6.07, 6.45) is 1.29. The molecular weight excluding hydrogens is 357 g/mol. The van der Waals surface area contributed by atoms with Crippen LogP contribution in [0.3, 0.4) is 0 Å². The molecule has 0 unspecified atom stereocenters. The van der Waals surface area contributed by atoms with Crippen LogP contribution in [-0.4, -0.2) is 42.3 Å². The maximum absolute atomic E-state index is 12.8. The zero-order valence-electron chi connectivity index (χ0n) is 14.0. The molecule has 0 atom stereocenters. The molecule has 2 amide bonds. The van der Waals surface area contributed by atoms with Gasteiger partial charge in [-0.15, -0.1) is 0 Å². The Kier molecular flexibility index (Phi) is 7.00. The van der Waals surface area contributed by atoms with E-state index in [9.17, 15) is 18.8 Å². The summed E-state index contributed by atoms with van der Waals surface area (Å²) in [5, 5.41) is 14.8. The zero-order valence-corrected chi connectivity index (χ0v) is 14.0.